The highest BCUT2D eigenvalue weighted by Gasteiger charge is 2.37. The Bertz CT molecular complexity index is 340. The molecule has 2 rings (SSSR count). The lowest BCUT2D eigenvalue weighted by molar-refractivity contribution is 0.177. The van der Waals surface area contributed by atoms with Crippen LogP contribution in [0.2, 0.25) is 5.02 Å². The molecule has 1 nitrogen and oxygen atoms in total. The Labute approximate surface area is 81.7 Å². The predicted molar refractivity (Wildman–Crippen MR) is 51.6 cm³/mol. The summed E-state index contributed by atoms with van der Waals surface area (Å²) in [5.41, 5.74) is 5.82. The van der Waals surface area contributed by atoms with Crippen LogP contribution in [0.5, 0.6) is 0 Å². The second-order valence-corrected chi connectivity index (χ2v) is 3.91. The Hall–Kier alpha value is -0.600. The molecule has 1 aliphatic rings. The number of fused-ring (bicyclic) bond motifs is 1. The van der Waals surface area contributed by atoms with Crippen LogP contribution in [-0.2, 0) is 12.1 Å². The van der Waals surface area contributed by atoms with Gasteiger partial charge in [0.15, 0.2) is 0 Å². The van der Waals surface area contributed by atoms with Crippen LogP contribution in [0.4, 0.5) is 4.39 Å². The largest absolute Gasteiger partial charge is 0.327 e. The smallest absolute Gasteiger partial charge is 0.148 e. The number of alkyl halides is 1. The first-order valence-corrected chi connectivity index (χ1v) is 4.71. The van der Waals surface area contributed by atoms with Gasteiger partial charge >= 0.3 is 0 Å². The number of hydrogen-bond acceptors (Lipinski definition) is 1. The zero-order valence-corrected chi connectivity index (χ0v) is 7.94. The highest BCUT2D eigenvalue weighted by Crippen LogP contribution is 2.40. The number of rotatable bonds is 1. The molecule has 13 heavy (non-hydrogen) atoms. The molecule has 0 fully saturated rings. The van der Waals surface area contributed by atoms with Crippen molar-refractivity contribution in [3.05, 3.63) is 34.3 Å². The van der Waals surface area contributed by atoms with Crippen LogP contribution in [-0.4, -0.2) is 6.54 Å². The molecule has 2 N–H and O–H groups in total. The summed E-state index contributed by atoms with van der Waals surface area (Å²) in [5, 5.41) is 0.667. The lowest BCUT2D eigenvalue weighted by Crippen LogP contribution is -2.27. The second-order valence-electron chi connectivity index (χ2n) is 3.47. The van der Waals surface area contributed by atoms with Gasteiger partial charge in [0.2, 0.25) is 0 Å². The van der Waals surface area contributed by atoms with Crippen molar-refractivity contribution in [1.29, 1.82) is 0 Å². The van der Waals surface area contributed by atoms with Gasteiger partial charge in [0, 0.05) is 11.6 Å². The van der Waals surface area contributed by atoms with Crippen LogP contribution in [0, 0.1) is 0 Å². The lowest BCUT2D eigenvalue weighted by Gasteiger charge is -2.17. The van der Waals surface area contributed by atoms with Crippen LogP contribution in [0.1, 0.15) is 17.5 Å². The number of halogens is 2. The molecular formula is C10H11ClFN. The third-order valence-corrected chi connectivity index (χ3v) is 2.90. The summed E-state index contributed by atoms with van der Waals surface area (Å²) in [7, 11) is 0. The van der Waals surface area contributed by atoms with Gasteiger partial charge in [-0.25, -0.2) is 4.39 Å². The molecule has 0 aromatic heterocycles. The third kappa shape index (κ3) is 1.34. The zero-order valence-electron chi connectivity index (χ0n) is 7.19. The normalized spacial score (nSPS) is 26.1. The van der Waals surface area contributed by atoms with Crippen LogP contribution in [0.25, 0.3) is 0 Å². The van der Waals surface area contributed by atoms with Crippen molar-refractivity contribution in [3.63, 3.8) is 0 Å². The Kier molecular flexibility index (Phi) is 2.05. The van der Waals surface area contributed by atoms with E-state index in [4.69, 9.17) is 17.3 Å². The molecule has 0 heterocycles. The highest BCUT2D eigenvalue weighted by molar-refractivity contribution is 6.30. The van der Waals surface area contributed by atoms with Crippen molar-refractivity contribution in [3.8, 4) is 0 Å². The van der Waals surface area contributed by atoms with E-state index in [2.05, 4.69) is 0 Å². The Morgan fingerprint density at radius 3 is 3.00 bits per heavy atom. The number of nitrogens with two attached hydrogens (primary N) is 1. The SMILES string of the molecule is NCC1(F)CCc2cc(Cl)ccc21. The Morgan fingerprint density at radius 2 is 2.31 bits per heavy atom. The number of aryl methyl sites for hydroxylation is 1. The standard InChI is InChI=1S/C10H11ClFN/c11-8-1-2-9-7(5-8)3-4-10(9,12)6-13/h1-2,5H,3-4,6,13H2. The van der Waals surface area contributed by atoms with E-state index in [1.807, 2.05) is 6.07 Å². The van der Waals surface area contributed by atoms with Crippen molar-refractivity contribution < 1.29 is 4.39 Å². The molecule has 1 atom stereocenters. The summed E-state index contributed by atoms with van der Waals surface area (Å²) in [6.07, 6.45) is 1.22. The average Bonchev–Trinajstić information content (AvgIpc) is 2.45. The number of hydrogen-bond donors (Lipinski definition) is 1. The van der Waals surface area contributed by atoms with Gasteiger partial charge in [-0.15, -0.1) is 0 Å². The molecule has 1 aliphatic carbocycles. The quantitative estimate of drug-likeness (QED) is 0.739. The molecule has 0 saturated heterocycles. The average molecular weight is 200 g/mol. The van der Waals surface area contributed by atoms with Gasteiger partial charge in [-0.3, -0.25) is 0 Å². The molecule has 0 spiro atoms. The Balaban J connectivity index is 2.49. The van der Waals surface area contributed by atoms with E-state index in [0.717, 1.165) is 17.5 Å². The summed E-state index contributed by atoms with van der Waals surface area (Å²) >= 11 is 5.81. The van der Waals surface area contributed by atoms with Gasteiger partial charge in [-0.2, -0.15) is 0 Å². The predicted octanol–water partition coefficient (Wildman–Crippen LogP) is 2.41. The van der Waals surface area contributed by atoms with E-state index in [9.17, 15) is 4.39 Å². The van der Waals surface area contributed by atoms with E-state index in [1.54, 1.807) is 12.1 Å². The summed E-state index contributed by atoms with van der Waals surface area (Å²) in [4.78, 5) is 0. The maximum Gasteiger partial charge on any atom is 0.148 e. The molecule has 0 aliphatic heterocycles. The molecule has 1 aromatic carbocycles. The molecule has 70 valence electrons. The topological polar surface area (TPSA) is 26.0 Å². The Morgan fingerprint density at radius 1 is 1.54 bits per heavy atom. The zero-order chi connectivity index (χ0) is 9.47. The maximum absolute atomic E-state index is 14.0. The van der Waals surface area contributed by atoms with E-state index in [1.165, 1.54) is 0 Å². The fourth-order valence-corrected chi connectivity index (χ4v) is 2.08. The highest BCUT2D eigenvalue weighted by atomic mass is 35.5. The monoisotopic (exact) mass is 199 g/mol. The van der Waals surface area contributed by atoms with E-state index >= 15 is 0 Å². The fourth-order valence-electron chi connectivity index (χ4n) is 1.89. The minimum absolute atomic E-state index is 0.0572. The van der Waals surface area contributed by atoms with E-state index in [0.29, 0.717) is 11.4 Å². The second kappa shape index (κ2) is 2.96. The molecule has 1 aromatic rings. The van der Waals surface area contributed by atoms with Crippen LogP contribution >= 0.6 is 11.6 Å². The summed E-state index contributed by atoms with van der Waals surface area (Å²) in [6, 6.07) is 5.29. The van der Waals surface area contributed by atoms with E-state index < -0.39 is 5.67 Å². The van der Waals surface area contributed by atoms with Crippen LogP contribution < -0.4 is 5.73 Å². The van der Waals surface area contributed by atoms with Gasteiger partial charge < -0.3 is 5.73 Å². The van der Waals surface area contributed by atoms with Crippen molar-refractivity contribution >= 4 is 11.6 Å². The van der Waals surface area contributed by atoms with Crippen molar-refractivity contribution in [1.82, 2.24) is 0 Å². The summed E-state index contributed by atoms with van der Waals surface area (Å²) in [5.74, 6) is 0. The van der Waals surface area contributed by atoms with Crippen molar-refractivity contribution in [2.45, 2.75) is 18.5 Å². The van der Waals surface area contributed by atoms with Crippen LogP contribution in [0.15, 0.2) is 18.2 Å². The first kappa shape index (κ1) is 8.97. The first-order chi connectivity index (χ1) is 6.15. The van der Waals surface area contributed by atoms with Crippen molar-refractivity contribution in [2.75, 3.05) is 6.54 Å². The maximum atomic E-state index is 14.0. The number of benzene rings is 1. The molecule has 1 unspecified atom stereocenters. The molecule has 0 radical (unpaired) electrons. The summed E-state index contributed by atoms with van der Waals surface area (Å²) < 4.78 is 14.0. The minimum atomic E-state index is -1.32. The summed E-state index contributed by atoms with van der Waals surface area (Å²) in [6.45, 7) is 0.0572. The third-order valence-electron chi connectivity index (χ3n) is 2.66. The van der Waals surface area contributed by atoms with Crippen LogP contribution in [0.3, 0.4) is 0 Å². The minimum Gasteiger partial charge on any atom is -0.327 e. The van der Waals surface area contributed by atoms with Crippen molar-refractivity contribution in [2.24, 2.45) is 5.73 Å². The lowest BCUT2D eigenvalue weighted by atomic mass is 9.98. The van der Waals surface area contributed by atoms with E-state index in [-0.39, 0.29) is 6.54 Å². The van der Waals surface area contributed by atoms with Gasteiger partial charge in [0.25, 0.3) is 0 Å². The molecule has 0 saturated carbocycles. The fraction of sp³-hybridized carbons (Fsp3) is 0.400. The van der Waals surface area contributed by atoms with Gasteiger partial charge in [0.05, 0.1) is 0 Å². The molecule has 3 heteroatoms. The first-order valence-electron chi connectivity index (χ1n) is 4.33. The molecule has 0 bridgehead atoms. The van der Waals surface area contributed by atoms with Gasteiger partial charge in [-0.05, 0) is 36.1 Å². The molecule has 0 amide bonds. The molecular weight excluding hydrogens is 189 g/mol. The van der Waals surface area contributed by atoms with Gasteiger partial charge in [0.1, 0.15) is 5.67 Å². The van der Waals surface area contributed by atoms with Gasteiger partial charge in [-0.1, -0.05) is 17.7 Å².